The molecule has 0 heterocycles. The van der Waals surface area contributed by atoms with E-state index in [1.807, 2.05) is 30.3 Å². The van der Waals surface area contributed by atoms with E-state index in [1.165, 1.54) is 12.1 Å². The van der Waals surface area contributed by atoms with E-state index in [0.717, 1.165) is 11.1 Å². The zero-order chi connectivity index (χ0) is 15.9. The van der Waals surface area contributed by atoms with Crippen molar-refractivity contribution in [3.8, 4) is 5.75 Å². The molecule has 2 aromatic rings. The van der Waals surface area contributed by atoms with Crippen LogP contribution in [0.5, 0.6) is 5.75 Å². The predicted octanol–water partition coefficient (Wildman–Crippen LogP) is 2.45. The van der Waals surface area contributed by atoms with Crippen LogP contribution in [0.25, 0.3) is 0 Å². The molecule has 22 heavy (non-hydrogen) atoms. The van der Waals surface area contributed by atoms with Crippen molar-refractivity contribution in [1.29, 1.82) is 0 Å². The van der Waals surface area contributed by atoms with Crippen LogP contribution in [0.2, 0.25) is 0 Å². The Bertz CT molecular complexity index is 603. The first-order chi connectivity index (χ1) is 10.6. The maximum atomic E-state index is 12.2. The van der Waals surface area contributed by atoms with Gasteiger partial charge in [-0.15, -0.1) is 0 Å². The van der Waals surface area contributed by atoms with Gasteiger partial charge in [0, 0.05) is 0 Å². The van der Waals surface area contributed by atoms with Gasteiger partial charge in [0.2, 0.25) is 5.91 Å². The summed E-state index contributed by atoms with van der Waals surface area (Å²) in [6.07, 6.45) is 0. The molecular formula is C16H16F2N2O2. The lowest BCUT2D eigenvalue weighted by Crippen LogP contribution is -2.32. The summed E-state index contributed by atoms with van der Waals surface area (Å²) in [4.78, 5) is 11.0. The van der Waals surface area contributed by atoms with Crippen molar-refractivity contribution in [2.45, 2.75) is 12.7 Å². The number of rotatable bonds is 7. The van der Waals surface area contributed by atoms with Crippen molar-refractivity contribution in [2.75, 3.05) is 6.54 Å². The summed E-state index contributed by atoms with van der Waals surface area (Å²) in [6.45, 7) is -2.85. The van der Waals surface area contributed by atoms with Gasteiger partial charge in [-0.2, -0.15) is 8.78 Å². The number of halogens is 2. The van der Waals surface area contributed by atoms with Crippen molar-refractivity contribution in [1.82, 2.24) is 5.32 Å². The zero-order valence-electron chi connectivity index (χ0n) is 11.7. The van der Waals surface area contributed by atoms with Crippen LogP contribution in [0.4, 0.5) is 8.78 Å². The average Bonchev–Trinajstić information content (AvgIpc) is 2.49. The number of ether oxygens (including phenoxy) is 1. The van der Waals surface area contributed by atoms with E-state index in [-0.39, 0.29) is 18.3 Å². The van der Waals surface area contributed by atoms with Crippen molar-refractivity contribution >= 4 is 5.91 Å². The van der Waals surface area contributed by atoms with Crippen LogP contribution in [0, 0.1) is 0 Å². The number of alkyl halides is 2. The van der Waals surface area contributed by atoms with Gasteiger partial charge in [0.1, 0.15) is 5.75 Å². The molecule has 0 saturated carbocycles. The number of primary amides is 1. The van der Waals surface area contributed by atoms with Crippen LogP contribution in [-0.2, 0) is 4.79 Å². The van der Waals surface area contributed by atoms with E-state index in [9.17, 15) is 13.6 Å². The van der Waals surface area contributed by atoms with Crippen LogP contribution in [0.1, 0.15) is 17.2 Å². The summed E-state index contributed by atoms with van der Waals surface area (Å²) in [5.74, 6) is -0.390. The molecule has 0 aliphatic heterocycles. The van der Waals surface area contributed by atoms with Gasteiger partial charge in [-0.25, -0.2) is 0 Å². The molecule has 0 bridgehead atoms. The largest absolute Gasteiger partial charge is 0.435 e. The molecule has 4 nitrogen and oxygen atoms in total. The third-order valence-electron chi connectivity index (χ3n) is 3.05. The summed E-state index contributed by atoms with van der Waals surface area (Å²) < 4.78 is 28.7. The van der Waals surface area contributed by atoms with Crippen LogP contribution in [0.3, 0.4) is 0 Å². The van der Waals surface area contributed by atoms with Gasteiger partial charge in [-0.1, -0.05) is 42.5 Å². The van der Waals surface area contributed by atoms with E-state index < -0.39 is 12.5 Å². The monoisotopic (exact) mass is 306 g/mol. The summed E-state index contributed by atoms with van der Waals surface area (Å²) in [6, 6.07) is 15.4. The number of benzene rings is 2. The molecule has 2 rings (SSSR count). The van der Waals surface area contributed by atoms with Gasteiger partial charge in [0.25, 0.3) is 0 Å². The second-order valence-corrected chi connectivity index (χ2v) is 4.64. The Balaban J connectivity index is 2.22. The summed E-state index contributed by atoms with van der Waals surface area (Å²) in [5, 5.41) is 3.05. The summed E-state index contributed by atoms with van der Waals surface area (Å²) >= 11 is 0. The molecular weight excluding hydrogens is 290 g/mol. The Hall–Kier alpha value is -2.47. The fourth-order valence-corrected chi connectivity index (χ4v) is 2.12. The minimum atomic E-state index is -2.86. The van der Waals surface area contributed by atoms with Gasteiger partial charge >= 0.3 is 6.61 Å². The molecule has 6 heteroatoms. The third-order valence-corrected chi connectivity index (χ3v) is 3.05. The van der Waals surface area contributed by atoms with E-state index in [1.54, 1.807) is 12.1 Å². The van der Waals surface area contributed by atoms with E-state index >= 15 is 0 Å². The first-order valence-electron chi connectivity index (χ1n) is 6.67. The average molecular weight is 306 g/mol. The molecule has 0 unspecified atom stereocenters. The van der Waals surface area contributed by atoms with Crippen LogP contribution in [0.15, 0.2) is 54.6 Å². The van der Waals surface area contributed by atoms with Gasteiger partial charge in [-0.05, 0) is 23.3 Å². The highest BCUT2D eigenvalue weighted by Crippen LogP contribution is 2.24. The molecule has 1 amide bonds. The van der Waals surface area contributed by atoms with Crippen molar-refractivity contribution in [2.24, 2.45) is 5.73 Å². The quantitative estimate of drug-likeness (QED) is 0.826. The standard InChI is InChI=1S/C16H16F2N2O2/c17-16(18)22-13-8-6-12(7-9-13)15(20-10-14(19)21)11-4-2-1-3-5-11/h1-9,15-16,20H,10H2,(H2,19,21)/t15-/m0/s1. The Morgan fingerprint density at radius 1 is 1.05 bits per heavy atom. The molecule has 0 saturated heterocycles. The van der Waals surface area contributed by atoms with Gasteiger partial charge in [0.15, 0.2) is 0 Å². The first-order valence-corrected chi connectivity index (χ1v) is 6.67. The lowest BCUT2D eigenvalue weighted by Gasteiger charge is -2.19. The van der Waals surface area contributed by atoms with Crippen LogP contribution >= 0.6 is 0 Å². The Labute approximate surface area is 126 Å². The lowest BCUT2D eigenvalue weighted by molar-refractivity contribution is -0.117. The van der Waals surface area contributed by atoms with Crippen LogP contribution < -0.4 is 15.8 Å². The maximum absolute atomic E-state index is 12.2. The molecule has 1 atom stereocenters. The zero-order valence-corrected chi connectivity index (χ0v) is 11.7. The number of hydrogen-bond donors (Lipinski definition) is 2. The molecule has 0 aliphatic carbocycles. The van der Waals surface area contributed by atoms with E-state index in [2.05, 4.69) is 10.1 Å². The minimum absolute atomic E-state index is 0.00878. The fourth-order valence-electron chi connectivity index (χ4n) is 2.12. The fraction of sp³-hybridized carbons (Fsp3) is 0.188. The number of nitrogens with one attached hydrogen (secondary N) is 1. The third kappa shape index (κ3) is 4.53. The Kier molecular flexibility index (Phi) is 5.43. The molecule has 0 aliphatic rings. The smallest absolute Gasteiger partial charge is 0.387 e. The predicted molar refractivity (Wildman–Crippen MR) is 78.6 cm³/mol. The van der Waals surface area contributed by atoms with Gasteiger partial charge in [-0.3, -0.25) is 10.1 Å². The van der Waals surface area contributed by atoms with Gasteiger partial charge in [0.05, 0.1) is 12.6 Å². The number of nitrogens with two attached hydrogens (primary N) is 1. The normalized spacial score (nSPS) is 12.1. The molecule has 2 aromatic carbocycles. The number of carbonyl (C=O) groups is 1. The maximum Gasteiger partial charge on any atom is 0.387 e. The Morgan fingerprint density at radius 2 is 1.64 bits per heavy atom. The van der Waals surface area contributed by atoms with Crippen molar-refractivity contribution in [3.63, 3.8) is 0 Å². The first kappa shape index (κ1) is 15.9. The molecule has 116 valence electrons. The second kappa shape index (κ2) is 7.51. The minimum Gasteiger partial charge on any atom is -0.435 e. The lowest BCUT2D eigenvalue weighted by atomic mass is 9.98. The summed E-state index contributed by atoms with van der Waals surface area (Å²) in [7, 11) is 0. The number of amides is 1. The van der Waals surface area contributed by atoms with E-state index in [4.69, 9.17) is 5.73 Å². The highest BCUT2D eigenvalue weighted by molar-refractivity contribution is 5.76. The number of hydrogen-bond acceptors (Lipinski definition) is 3. The topological polar surface area (TPSA) is 64.4 Å². The molecule has 0 fully saturated rings. The molecule has 0 radical (unpaired) electrons. The van der Waals surface area contributed by atoms with Crippen molar-refractivity contribution in [3.05, 3.63) is 65.7 Å². The SMILES string of the molecule is NC(=O)CN[C@@H](c1ccccc1)c1ccc(OC(F)F)cc1. The highest BCUT2D eigenvalue weighted by Gasteiger charge is 2.14. The van der Waals surface area contributed by atoms with E-state index in [0.29, 0.717) is 0 Å². The second-order valence-electron chi connectivity index (χ2n) is 4.64. The summed E-state index contributed by atoms with van der Waals surface area (Å²) in [5.41, 5.74) is 6.92. The van der Waals surface area contributed by atoms with Crippen molar-refractivity contribution < 1.29 is 18.3 Å². The molecule has 3 N–H and O–H groups in total. The number of carbonyl (C=O) groups excluding carboxylic acids is 1. The van der Waals surface area contributed by atoms with Crippen LogP contribution in [-0.4, -0.2) is 19.1 Å². The Morgan fingerprint density at radius 3 is 2.18 bits per heavy atom. The highest BCUT2D eigenvalue weighted by atomic mass is 19.3. The molecule has 0 spiro atoms. The van der Waals surface area contributed by atoms with Gasteiger partial charge < -0.3 is 10.5 Å². The molecule has 0 aromatic heterocycles.